The summed E-state index contributed by atoms with van der Waals surface area (Å²) < 4.78 is 5.39. The Morgan fingerprint density at radius 3 is 2.34 bits per heavy atom. The number of nitrogens with zero attached hydrogens (tertiary/aromatic N) is 2. The number of rotatable bonds is 6. The van der Waals surface area contributed by atoms with Crippen molar-refractivity contribution in [1.82, 2.24) is 15.3 Å². The predicted molar refractivity (Wildman–Crippen MR) is 128 cm³/mol. The Morgan fingerprint density at radius 1 is 1.19 bits per heavy atom. The van der Waals surface area contributed by atoms with E-state index in [0.717, 1.165) is 32.5 Å². The van der Waals surface area contributed by atoms with Crippen LogP contribution in [0.25, 0.3) is 0 Å². The van der Waals surface area contributed by atoms with Gasteiger partial charge >= 0.3 is 6.09 Å². The van der Waals surface area contributed by atoms with Gasteiger partial charge in [-0.05, 0) is 58.3 Å². The van der Waals surface area contributed by atoms with Crippen LogP contribution in [0.4, 0.5) is 4.79 Å². The first-order valence-electron chi connectivity index (χ1n) is 11.8. The fraction of sp³-hybridized carbons (Fsp3) is 0.913. The number of nitrogens with one attached hydrogen (secondary N) is 1. The van der Waals surface area contributed by atoms with E-state index in [9.17, 15) is 9.59 Å². The summed E-state index contributed by atoms with van der Waals surface area (Å²) in [7, 11) is 8.38. The first kappa shape index (κ1) is 30.7. The monoisotopic (exact) mass is 455 g/mol. The van der Waals surface area contributed by atoms with Gasteiger partial charge in [-0.15, -0.1) is 0 Å². The highest BCUT2D eigenvalue weighted by molar-refractivity contribution is 6.08. The first-order valence-corrected chi connectivity index (χ1v) is 11.8. The largest absolute Gasteiger partial charge is 0.444 e. The molecule has 2 saturated heterocycles. The standard InChI is InChI=1S/C12H23BN2O3.C10H19NO.CH4O/c1-12(2,3)18-11(16)15-7-9(6-13)5-10(15)8-17-14-4;1-3-5-10-6-4-7-11(8-10)9(2)12;1-2/h9-10,14H,5-8H2,1-4H3;10H,3-8H2,1-2H3;2H,1H3. The van der Waals surface area contributed by atoms with Crippen LogP contribution in [0.15, 0.2) is 0 Å². The molecule has 0 aromatic carbocycles. The van der Waals surface area contributed by atoms with Crippen LogP contribution in [0, 0.1) is 11.8 Å². The lowest BCUT2D eigenvalue weighted by molar-refractivity contribution is -0.130. The summed E-state index contributed by atoms with van der Waals surface area (Å²) in [6.07, 6.45) is 6.19. The third-order valence-corrected chi connectivity index (χ3v) is 5.54. The average Bonchev–Trinajstić information content (AvgIpc) is 3.17. The quantitative estimate of drug-likeness (QED) is 0.473. The maximum atomic E-state index is 12.1. The van der Waals surface area contributed by atoms with Crippen molar-refractivity contribution in [2.75, 3.05) is 40.4 Å². The highest BCUT2D eigenvalue weighted by Crippen LogP contribution is 2.27. The van der Waals surface area contributed by atoms with E-state index in [4.69, 9.17) is 22.5 Å². The highest BCUT2D eigenvalue weighted by atomic mass is 16.6. The van der Waals surface area contributed by atoms with E-state index in [0.29, 0.717) is 25.4 Å². The maximum absolute atomic E-state index is 12.1. The van der Waals surface area contributed by atoms with Gasteiger partial charge < -0.3 is 19.6 Å². The molecule has 2 aliphatic rings. The molecule has 186 valence electrons. The number of ether oxygens (including phenoxy) is 1. The maximum Gasteiger partial charge on any atom is 0.410 e. The van der Waals surface area contributed by atoms with Crippen molar-refractivity contribution in [3.63, 3.8) is 0 Å². The summed E-state index contributed by atoms with van der Waals surface area (Å²) in [4.78, 5) is 32.1. The van der Waals surface area contributed by atoms with E-state index in [1.54, 1.807) is 18.9 Å². The van der Waals surface area contributed by atoms with Crippen molar-refractivity contribution in [1.29, 1.82) is 0 Å². The Balaban J connectivity index is 0.000000595. The van der Waals surface area contributed by atoms with Crippen molar-refractivity contribution < 1.29 is 24.3 Å². The van der Waals surface area contributed by atoms with E-state index in [1.807, 2.05) is 25.7 Å². The Labute approximate surface area is 196 Å². The van der Waals surface area contributed by atoms with Gasteiger partial charge in [-0.3, -0.25) is 9.63 Å². The number of likely N-dealkylation sites (tertiary alicyclic amines) is 2. The molecule has 0 aromatic heterocycles. The summed E-state index contributed by atoms with van der Waals surface area (Å²) in [5.74, 6) is 1.34. The second-order valence-corrected chi connectivity index (χ2v) is 9.40. The number of carbonyl (C=O) groups is 2. The van der Waals surface area contributed by atoms with Gasteiger partial charge in [0.25, 0.3) is 0 Å². The number of amides is 2. The molecule has 0 aromatic rings. The fourth-order valence-electron chi connectivity index (χ4n) is 4.06. The van der Waals surface area contributed by atoms with Gasteiger partial charge in [0.1, 0.15) is 5.60 Å². The average molecular weight is 455 g/mol. The molecule has 32 heavy (non-hydrogen) atoms. The van der Waals surface area contributed by atoms with Crippen molar-refractivity contribution in [2.45, 2.75) is 84.7 Å². The van der Waals surface area contributed by atoms with Crippen molar-refractivity contribution in [2.24, 2.45) is 11.8 Å². The topological polar surface area (TPSA) is 91.3 Å². The zero-order valence-electron chi connectivity index (χ0n) is 21.4. The number of piperidine rings is 1. The molecular formula is C23H46BN3O5. The van der Waals surface area contributed by atoms with Crippen molar-refractivity contribution in [3.8, 4) is 0 Å². The van der Waals surface area contributed by atoms with Gasteiger partial charge in [0.15, 0.2) is 0 Å². The first-order chi connectivity index (χ1) is 15.1. The van der Waals surface area contributed by atoms with E-state index < -0.39 is 5.60 Å². The summed E-state index contributed by atoms with van der Waals surface area (Å²) in [5, 5.41) is 7.00. The minimum Gasteiger partial charge on any atom is -0.444 e. The third kappa shape index (κ3) is 12.1. The normalized spacial score (nSPS) is 22.9. The van der Waals surface area contributed by atoms with E-state index >= 15 is 0 Å². The minimum atomic E-state index is -0.480. The Morgan fingerprint density at radius 2 is 1.84 bits per heavy atom. The van der Waals surface area contributed by atoms with Crippen LogP contribution in [0.1, 0.15) is 66.7 Å². The number of hydrogen-bond donors (Lipinski definition) is 2. The summed E-state index contributed by atoms with van der Waals surface area (Å²) in [5.41, 5.74) is 2.15. The van der Waals surface area contributed by atoms with Crippen LogP contribution < -0.4 is 5.48 Å². The van der Waals surface area contributed by atoms with Gasteiger partial charge in [-0.25, -0.2) is 10.3 Å². The molecular weight excluding hydrogens is 409 g/mol. The lowest BCUT2D eigenvalue weighted by Gasteiger charge is -2.31. The molecule has 3 unspecified atom stereocenters. The Kier molecular flexibility index (Phi) is 15.7. The van der Waals surface area contributed by atoms with E-state index in [1.165, 1.54) is 25.7 Å². The van der Waals surface area contributed by atoms with Gasteiger partial charge in [-0.2, -0.15) is 0 Å². The van der Waals surface area contributed by atoms with Crippen LogP contribution in [0.3, 0.4) is 0 Å². The van der Waals surface area contributed by atoms with E-state index in [2.05, 4.69) is 12.4 Å². The van der Waals surface area contributed by atoms with Gasteiger partial charge in [0, 0.05) is 40.7 Å². The molecule has 2 rings (SSSR count). The smallest absolute Gasteiger partial charge is 0.410 e. The number of carbonyl (C=O) groups excluding carboxylic acids is 2. The van der Waals surface area contributed by atoms with E-state index in [-0.39, 0.29) is 18.0 Å². The molecule has 2 N–H and O–H groups in total. The summed E-state index contributed by atoms with van der Waals surface area (Å²) in [6.45, 7) is 12.6. The highest BCUT2D eigenvalue weighted by Gasteiger charge is 2.36. The van der Waals surface area contributed by atoms with Crippen molar-refractivity contribution in [3.05, 3.63) is 0 Å². The molecule has 0 spiro atoms. The van der Waals surface area contributed by atoms with Gasteiger partial charge in [0.2, 0.25) is 5.91 Å². The fourth-order valence-corrected chi connectivity index (χ4v) is 4.06. The second kappa shape index (κ2) is 16.3. The van der Waals surface area contributed by atoms with Crippen LogP contribution in [-0.2, 0) is 14.4 Å². The molecule has 3 atom stereocenters. The minimum absolute atomic E-state index is 0.0286. The molecule has 2 aliphatic heterocycles. The van der Waals surface area contributed by atoms with Gasteiger partial charge in [0.05, 0.1) is 20.5 Å². The molecule has 2 amide bonds. The predicted octanol–water partition coefficient (Wildman–Crippen LogP) is 3.00. The molecule has 2 fully saturated rings. The zero-order chi connectivity index (χ0) is 24.7. The lowest BCUT2D eigenvalue weighted by atomic mass is 9.89. The molecule has 2 heterocycles. The van der Waals surface area contributed by atoms with Crippen LogP contribution in [-0.4, -0.2) is 86.8 Å². The number of hydrogen-bond acceptors (Lipinski definition) is 6. The molecule has 9 heteroatoms. The molecule has 0 aliphatic carbocycles. The Bertz CT molecular complexity index is 528. The van der Waals surface area contributed by atoms with Crippen LogP contribution >= 0.6 is 0 Å². The third-order valence-electron chi connectivity index (χ3n) is 5.54. The molecule has 0 bridgehead atoms. The lowest BCUT2D eigenvalue weighted by Crippen LogP contribution is -2.42. The molecule has 0 saturated carbocycles. The van der Waals surface area contributed by atoms with Crippen LogP contribution in [0.2, 0.25) is 6.32 Å². The number of hydroxylamine groups is 1. The zero-order valence-corrected chi connectivity index (χ0v) is 21.4. The summed E-state index contributed by atoms with van der Waals surface area (Å²) in [6, 6.07) is 0.0286. The summed E-state index contributed by atoms with van der Waals surface area (Å²) >= 11 is 0. The number of aliphatic hydroxyl groups excluding tert-OH is 1. The molecule has 8 nitrogen and oxygen atoms in total. The number of aliphatic hydroxyl groups is 1. The van der Waals surface area contributed by atoms with Crippen molar-refractivity contribution >= 4 is 19.8 Å². The SMILES string of the molecule is CCCC1CCCN(C(C)=O)C1.CO.[B]CC1CC(CONC)N(C(=O)OC(C)(C)C)C1. The van der Waals surface area contributed by atoms with Gasteiger partial charge in [-0.1, -0.05) is 19.7 Å². The second-order valence-electron chi connectivity index (χ2n) is 9.40. The molecule has 2 radical (unpaired) electrons. The Hall–Kier alpha value is -1.32. The van der Waals surface area contributed by atoms with Crippen LogP contribution in [0.5, 0.6) is 0 Å².